The average molecular weight is 680 g/mol. The van der Waals surface area contributed by atoms with E-state index in [9.17, 15) is 14.7 Å². The molecule has 1 aromatic rings. The second kappa shape index (κ2) is 24.5. The Labute approximate surface area is 283 Å². The lowest BCUT2D eigenvalue weighted by Gasteiger charge is -2.30. The number of para-hydroxylation sites is 1. The van der Waals surface area contributed by atoms with Crippen molar-refractivity contribution < 1.29 is 28.9 Å². The van der Waals surface area contributed by atoms with Gasteiger partial charge in [0, 0.05) is 51.9 Å². The Bertz CT molecular complexity index is 936. The van der Waals surface area contributed by atoms with Crippen LogP contribution in [0.15, 0.2) is 24.3 Å². The number of nitrogens with one attached hydrogen (secondary N) is 2. The zero-order valence-corrected chi connectivity index (χ0v) is 29.6. The van der Waals surface area contributed by atoms with E-state index < -0.39 is 12.1 Å². The first kappa shape index (κ1) is 43.3. The number of aliphatic hydroxyl groups is 1. The number of unbranched alkanes of at least 4 members (excludes halogenated alkanes) is 1. The molecular formula is C33H60Cl2N4O6. The second-order valence-electron chi connectivity index (χ2n) is 12.4. The van der Waals surface area contributed by atoms with E-state index in [0.29, 0.717) is 50.5 Å². The topological polar surface area (TPSA) is 135 Å². The van der Waals surface area contributed by atoms with Gasteiger partial charge in [-0.1, -0.05) is 39.8 Å². The van der Waals surface area contributed by atoms with Crippen LogP contribution in [0.4, 0.5) is 0 Å². The highest BCUT2D eigenvalue weighted by Gasteiger charge is 2.30. The molecule has 2 amide bonds. The van der Waals surface area contributed by atoms with Gasteiger partial charge in [0.05, 0.1) is 31.5 Å². The van der Waals surface area contributed by atoms with Crippen molar-refractivity contribution in [2.75, 3.05) is 66.3 Å². The Morgan fingerprint density at radius 2 is 1.64 bits per heavy atom. The lowest BCUT2D eigenvalue weighted by atomic mass is 9.83. The normalized spacial score (nSPS) is 16.2. The smallest absolute Gasteiger partial charge is 0.255 e. The van der Waals surface area contributed by atoms with Gasteiger partial charge in [0.1, 0.15) is 5.75 Å². The summed E-state index contributed by atoms with van der Waals surface area (Å²) in [5, 5.41) is 17.2. The van der Waals surface area contributed by atoms with Gasteiger partial charge in [0.2, 0.25) is 5.91 Å². The number of hydrogen-bond donors (Lipinski definition) is 4. The molecule has 262 valence electrons. The fourth-order valence-electron chi connectivity index (χ4n) is 5.31. The molecule has 1 saturated heterocycles. The maximum Gasteiger partial charge on any atom is 0.255 e. The molecule has 0 bridgehead atoms. The Balaban J connectivity index is 0.00000968. The molecule has 5 N–H and O–H groups in total. The molecule has 1 aliphatic heterocycles. The van der Waals surface area contributed by atoms with Crippen molar-refractivity contribution in [3.63, 3.8) is 0 Å². The number of ether oxygens (including phenoxy) is 3. The summed E-state index contributed by atoms with van der Waals surface area (Å²) < 4.78 is 16.4. The molecule has 4 unspecified atom stereocenters. The molecule has 1 aliphatic rings. The molecule has 1 heterocycles. The molecule has 10 nitrogen and oxygen atoms in total. The van der Waals surface area contributed by atoms with Crippen molar-refractivity contribution in [2.24, 2.45) is 29.4 Å². The summed E-state index contributed by atoms with van der Waals surface area (Å²) in [4.78, 5) is 28.5. The predicted molar refractivity (Wildman–Crippen MR) is 185 cm³/mol. The fraction of sp³-hybridized carbons (Fsp3) is 0.758. The summed E-state index contributed by atoms with van der Waals surface area (Å²) in [5.41, 5.74) is 7.00. The van der Waals surface area contributed by atoms with Crippen LogP contribution < -0.4 is 21.1 Å². The molecule has 12 heteroatoms. The largest absolute Gasteiger partial charge is 0.493 e. The number of methoxy groups -OCH3 is 1. The fourth-order valence-corrected chi connectivity index (χ4v) is 5.31. The third kappa shape index (κ3) is 16.6. The van der Waals surface area contributed by atoms with E-state index in [4.69, 9.17) is 19.9 Å². The van der Waals surface area contributed by atoms with E-state index in [1.807, 2.05) is 32.0 Å². The molecule has 0 spiro atoms. The first-order valence-electron chi connectivity index (χ1n) is 16.1. The number of halogens is 2. The van der Waals surface area contributed by atoms with Gasteiger partial charge in [-0.3, -0.25) is 14.5 Å². The van der Waals surface area contributed by atoms with E-state index in [0.717, 1.165) is 52.1 Å². The number of morpholine rings is 1. The summed E-state index contributed by atoms with van der Waals surface area (Å²) in [7, 11) is 1.68. The van der Waals surface area contributed by atoms with Crippen LogP contribution in [0, 0.1) is 23.7 Å². The highest BCUT2D eigenvalue weighted by Crippen LogP contribution is 2.24. The van der Waals surface area contributed by atoms with Gasteiger partial charge in [-0.15, -0.1) is 24.8 Å². The van der Waals surface area contributed by atoms with Crippen molar-refractivity contribution >= 4 is 36.6 Å². The summed E-state index contributed by atoms with van der Waals surface area (Å²) in [6.07, 6.45) is 2.63. The minimum Gasteiger partial charge on any atom is -0.493 e. The van der Waals surface area contributed by atoms with Gasteiger partial charge in [0.25, 0.3) is 5.91 Å². The zero-order chi connectivity index (χ0) is 31.6. The highest BCUT2D eigenvalue weighted by molar-refractivity contribution is 5.96. The predicted octanol–water partition coefficient (Wildman–Crippen LogP) is 3.92. The number of rotatable bonds is 21. The molecule has 4 atom stereocenters. The number of benzene rings is 1. The average Bonchev–Trinajstić information content (AvgIpc) is 2.99. The molecule has 0 aliphatic carbocycles. The van der Waals surface area contributed by atoms with E-state index in [-0.39, 0.29) is 60.3 Å². The molecule has 0 aromatic heterocycles. The number of hydrogen-bond acceptors (Lipinski definition) is 8. The lowest BCUT2D eigenvalue weighted by molar-refractivity contribution is -0.127. The number of aliphatic hydroxyl groups excluding tert-OH is 1. The maximum atomic E-state index is 13.1. The maximum absolute atomic E-state index is 13.1. The van der Waals surface area contributed by atoms with Gasteiger partial charge in [0.15, 0.2) is 0 Å². The van der Waals surface area contributed by atoms with Crippen molar-refractivity contribution in [3.8, 4) is 5.75 Å². The molecule has 0 saturated carbocycles. The Kier molecular flexibility index (Phi) is 23.6. The van der Waals surface area contributed by atoms with Gasteiger partial charge in [-0.25, -0.2) is 0 Å². The van der Waals surface area contributed by atoms with Gasteiger partial charge >= 0.3 is 0 Å². The molecule has 0 radical (unpaired) electrons. The third-order valence-electron chi connectivity index (χ3n) is 8.36. The van der Waals surface area contributed by atoms with Crippen molar-refractivity contribution in [3.05, 3.63) is 29.8 Å². The van der Waals surface area contributed by atoms with Crippen molar-refractivity contribution in [1.82, 2.24) is 15.5 Å². The van der Waals surface area contributed by atoms with Crippen molar-refractivity contribution in [1.29, 1.82) is 0 Å². The monoisotopic (exact) mass is 678 g/mol. The summed E-state index contributed by atoms with van der Waals surface area (Å²) >= 11 is 0. The molecule has 1 fully saturated rings. The van der Waals surface area contributed by atoms with Gasteiger partial charge < -0.3 is 35.7 Å². The Morgan fingerprint density at radius 1 is 0.978 bits per heavy atom. The van der Waals surface area contributed by atoms with Crippen LogP contribution in [0.25, 0.3) is 0 Å². The van der Waals surface area contributed by atoms with E-state index in [1.165, 1.54) is 0 Å². The quantitative estimate of drug-likeness (QED) is 0.144. The standard InChI is InChI=1S/C33H58N4O6.2ClH/c1-24(2)26(23-36-32(39)27-11-6-7-12-31(27)43-18-9-8-17-41-5)21-29(34)30(38)22-28(25(3)4)33(40)35-13-10-14-37-15-19-42-20-16-37;;/h6-7,11-12,24-26,28-30,38H,8-10,13-23,34H2,1-5H3,(H,35,40)(H,36,39);2*1H. The van der Waals surface area contributed by atoms with Crippen LogP contribution in [0.3, 0.4) is 0 Å². The van der Waals surface area contributed by atoms with Crippen LogP contribution in [0.5, 0.6) is 5.75 Å². The van der Waals surface area contributed by atoms with Gasteiger partial charge in [-0.05, 0) is 68.5 Å². The van der Waals surface area contributed by atoms with E-state index in [2.05, 4.69) is 29.4 Å². The van der Waals surface area contributed by atoms with Crippen LogP contribution in [0.2, 0.25) is 0 Å². The molecular weight excluding hydrogens is 619 g/mol. The molecule has 2 rings (SSSR count). The zero-order valence-electron chi connectivity index (χ0n) is 28.0. The molecule has 1 aromatic carbocycles. The van der Waals surface area contributed by atoms with Crippen LogP contribution >= 0.6 is 24.8 Å². The first-order chi connectivity index (χ1) is 20.6. The van der Waals surface area contributed by atoms with Crippen LogP contribution in [-0.4, -0.2) is 100 Å². The van der Waals surface area contributed by atoms with Crippen molar-refractivity contribution in [2.45, 2.75) is 71.9 Å². The second-order valence-corrected chi connectivity index (χ2v) is 12.4. The first-order valence-corrected chi connectivity index (χ1v) is 16.1. The Hall–Kier alpha value is -1.66. The highest BCUT2D eigenvalue weighted by atomic mass is 35.5. The summed E-state index contributed by atoms with van der Waals surface area (Å²) in [5.74, 6) is 0.373. The van der Waals surface area contributed by atoms with Gasteiger partial charge in [-0.2, -0.15) is 0 Å². The third-order valence-corrected chi connectivity index (χ3v) is 8.36. The number of carbonyl (C=O) groups is 2. The number of nitrogens with zero attached hydrogens (tertiary/aromatic N) is 1. The Morgan fingerprint density at radius 3 is 2.29 bits per heavy atom. The van der Waals surface area contributed by atoms with E-state index >= 15 is 0 Å². The lowest BCUT2D eigenvalue weighted by Crippen LogP contribution is -2.44. The number of nitrogens with two attached hydrogens (primary N) is 1. The summed E-state index contributed by atoms with van der Waals surface area (Å²) in [6.45, 7) is 14.8. The molecule has 45 heavy (non-hydrogen) atoms. The van der Waals surface area contributed by atoms with Crippen LogP contribution in [-0.2, 0) is 14.3 Å². The van der Waals surface area contributed by atoms with E-state index in [1.54, 1.807) is 13.2 Å². The summed E-state index contributed by atoms with van der Waals surface area (Å²) in [6, 6.07) is 6.74. The SMILES string of the molecule is COCCCCOc1ccccc1C(=O)NCC(CC(N)C(O)CC(C(=O)NCCCN1CCOCC1)C(C)C)C(C)C.Cl.Cl. The minimum absolute atomic E-state index is 0. The number of carbonyl (C=O) groups excluding carboxylic acids is 2. The number of amides is 2. The van der Waals surface area contributed by atoms with Crippen LogP contribution in [0.1, 0.15) is 70.2 Å². The minimum atomic E-state index is -0.823.